The summed E-state index contributed by atoms with van der Waals surface area (Å²) in [6, 6.07) is 10.0. The number of hydrogen-bond acceptors (Lipinski definition) is 3. The summed E-state index contributed by atoms with van der Waals surface area (Å²) in [4.78, 5) is 4.43. The molecule has 1 heterocycles. The summed E-state index contributed by atoms with van der Waals surface area (Å²) < 4.78 is 19.1. The van der Waals surface area contributed by atoms with E-state index in [1.54, 1.807) is 6.07 Å². The first kappa shape index (κ1) is 13.4. The van der Waals surface area contributed by atoms with Gasteiger partial charge in [-0.05, 0) is 37.3 Å². The van der Waals surface area contributed by atoms with Crippen LogP contribution in [-0.4, -0.2) is 9.97 Å². The molecule has 0 saturated heterocycles. The number of aromatic nitrogens is 1. The first-order valence-corrected chi connectivity index (χ1v) is 6.12. The number of pyridine rings is 1. The monoisotopic (exact) mass is 276 g/mol. The summed E-state index contributed by atoms with van der Waals surface area (Å²) in [5.74, 6) is -0.332. The molecule has 2 aromatic rings. The van der Waals surface area contributed by atoms with Gasteiger partial charge in [-0.2, -0.15) is 0 Å². The highest BCUT2D eigenvalue weighted by Crippen LogP contribution is 2.19. The smallest absolute Gasteiger partial charge is 0.165 e. The Kier molecular flexibility index (Phi) is 4.06. The molecule has 0 bridgehead atoms. The number of nitrogens with two attached hydrogens (primary N) is 1. The number of rotatable bonds is 4. The average Bonchev–Trinajstić information content (AvgIpc) is 2.37. The third-order valence-electron chi connectivity index (χ3n) is 2.54. The van der Waals surface area contributed by atoms with Gasteiger partial charge >= 0.3 is 0 Å². The second kappa shape index (κ2) is 5.75. The summed E-state index contributed by atoms with van der Waals surface area (Å²) >= 11 is 4.78. The molecule has 0 aliphatic heterocycles. The topological polar surface area (TPSA) is 48.1 Å². The van der Waals surface area contributed by atoms with Crippen LogP contribution in [0.1, 0.15) is 17.0 Å². The molecule has 0 fully saturated rings. The standard InChI is InChI=1S/C14H13FN2OS/c1-9-3-2-4-11(17-9)8-18-13-6-5-10(14(16)19)7-12(13)15/h2-7H,8H2,1H3,(H2,16,19). The van der Waals surface area contributed by atoms with Gasteiger partial charge in [-0.1, -0.05) is 18.3 Å². The average molecular weight is 276 g/mol. The number of hydrogen-bond donors (Lipinski definition) is 1. The quantitative estimate of drug-likeness (QED) is 0.872. The summed E-state index contributed by atoms with van der Waals surface area (Å²) in [6.07, 6.45) is 0. The van der Waals surface area contributed by atoms with Gasteiger partial charge in [0.25, 0.3) is 0 Å². The minimum atomic E-state index is -0.488. The Balaban J connectivity index is 2.10. The SMILES string of the molecule is Cc1cccc(COc2ccc(C(N)=S)cc2F)n1. The van der Waals surface area contributed by atoms with Crippen LogP contribution in [0.4, 0.5) is 4.39 Å². The Hall–Kier alpha value is -2.01. The first-order valence-electron chi connectivity index (χ1n) is 5.71. The fourth-order valence-electron chi connectivity index (χ4n) is 1.60. The number of nitrogens with zero attached hydrogens (tertiary/aromatic N) is 1. The van der Waals surface area contributed by atoms with Gasteiger partial charge in [0.2, 0.25) is 0 Å². The number of halogens is 1. The second-order valence-corrected chi connectivity index (χ2v) is 4.51. The highest BCUT2D eigenvalue weighted by molar-refractivity contribution is 7.80. The van der Waals surface area contributed by atoms with Crippen LogP contribution in [0.5, 0.6) is 5.75 Å². The summed E-state index contributed by atoms with van der Waals surface area (Å²) in [7, 11) is 0. The zero-order valence-corrected chi connectivity index (χ0v) is 11.2. The molecule has 1 aromatic heterocycles. The summed E-state index contributed by atoms with van der Waals surface area (Å²) in [5, 5.41) is 0. The largest absolute Gasteiger partial charge is 0.484 e. The van der Waals surface area contributed by atoms with Crippen molar-refractivity contribution in [2.45, 2.75) is 13.5 Å². The Labute approximate surface area is 116 Å². The molecule has 98 valence electrons. The van der Waals surface area contributed by atoms with Crippen LogP contribution < -0.4 is 10.5 Å². The van der Waals surface area contributed by atoms with E-state index in [0.717, 1.165) is 11.4 Å². The molecule has 3 nitrogen and oxygen atoms in total. The molecule has 0 radical (unpaired) electrons. The van der Waals surface area contributed by atoms with Gasteiger partial charge in [0.05, 0.1) is 5.69 Å². The molecule has 0 spiro atoms. The van der Waals surface area contributed by atoms with E-state index in [2.05, 4.69) is 4.98 Å². The molecule has 0 aliphatic rings. The maximum atomic E-state index is 13.7. The van der Waals surface area contributed by atoms with Crippen LogP contribution in [0.25, 0.3) is 0 Å². The van der Waals surface area contributed by atoms with E-state index in [1.807, 2.05) is 25.1 Å². The molecule has 0 saturated carbocycles. The lowest BCUT2D eigenvalue weighted by Crippen LogP contribution is -2.10. The molecular weight excluding hydrogens is 263 g/mol. The van der Waals surface area contributed by atoms with Crippen LogP contribution in [0.15, 0.2) is 36.4 Å². The second-order valence-electron chi connectivity index (χ2n) is 4.07. The van der Waals surface area contributed by atoms with Gasteiger partial charge in [-0.25, -0.2) is 4.39 Å². The van der Waals surface area contributed by atoms with Crippen molar-refractivity contribution in [2.24, 2.45) is 5.73 Å². The lowest BCUT2D eigenvalue weighted by molar-refractivity contribution is 0.285. The molecule has 2 N–H and O–H groups in total. The van der Waals surface area contributed by atoms with Crippen LogP contribution in [0, 0.1) is 12.7 Å². The van der Waals surface area contributed by atoms with Crippen LogP contribution in [0.3, 0.4) is 0 Å². The molecule has 0 unspecified atom stereocenters. The molecule has 2 rings (SSSR count). The highest BCUT2D eigenvalue weighted by atomic mass is 32.1. The van der Waals surface area contributed by atoms with E-state index in [0.29, 0.717) is 5.56 Å². The maximum Gasteiger partial charge on any atom is 0.165 e. The molecule has 5 heteroatoms. The highest BCUT2D eigenvalue weighted by Gasteiger charge is 2.07. The predicted octanol–water partition coefficient (Wildman–Crippen LogP) is 2.74. The van der Waals surface area contributed by atoms with E-state index in [4.69, 9.17) is 22.7 Å². The predicted molar refractivity (Wildman–Crippen MR) is 75.6 cm³/mol. The van der Waals surface area contributed by atoms with Gasteiger partial charge in [0.15, 0.2) is 11.6 Å². The van der Waals surface area contributed by atoms with Crippen molar-refractivity contribution in [2.75, 3.05) is 0 Å². The van der Waals surface area contributed by atoms with E-state index < -0.39 is 5.82 Å². The van der Waals surface area contributed by atoms with Gasteiger partial charge < -0.3 is 10.5 Å². The lowest BCUT2D eigenvalue weighted by atomic mass is 10.2. The van der Waals surface area contributed by atoms with E-state index in [9.17, 15) is 4.39 Å². The third-order valence-corrected chi connectivity index (χ3v) is 2.77. The fraction of sp³-hybridized carbons (Fsp3) is 0.143. The molecule has 19 heavy (non-hydrogen) atoms. The first-order chi connectivity index (χ1) is 9.06. The number of aryl methyl sites for hydroxylation is 1. The normalized spacial score (nSPS) is 10.2. The van der Waals surface area contributed by atoms with Crippen LogP contribution in [0.2, 0.25) is 0 Å². The maximum absolute atomic E-state index is 13.7. The molecule has 1 aromatic carbocycles. The Morgan fingerprint density at radius 1 is 1.37 bits per heavy atom. The Morgan fingerprint density at radius 2 is 2.16 bits per heavy atom. The van der Waals surface area contributed by atoms with Crippen molar-refractivity contribution < 1.29 is 9.13 Å². The van der Waals surface area contributed by atoms with E-state index >= 15 is 0 Å². The van der Waals surface area contributed by atoms with Gasteiger partial charge in [-0.15, -0.1) is 0 Å². The van der Waals surface area contributed by atoms with Crippen LogP contribution in [-0.2, 0) is 6.61 Å². The van der Waals surface area contributed by atoms with Crippen molar-refractivity contribution >= 4 is 17.2 Å². The molecule has 0 atom stereocenters. The summed E-state index contributed by atoms with van der Waals surface area (Å²) in [6.45, 7) is 2.10. The van der Waals surface area contributed by atoms with Crippen molar-refractivity contribution in [3.63, 3.8) is 0 Å². The van der Waals surface area contributed by atoms with E-state index in [1.165, 1.54) is 12.1 Å². The molecule has 0 amide bonds. The van der Waals surface area contributed by atoms with Crippen LogP contribution >= 0.6 is 12.2 Å². The lowest BCUT2D eigenvalue weighted by Gasteiger charge is -2.08. The zero-order chi connectivity index (χ0) is 13.8. The number of benzene rings is 1. The molecular formula is C14H13FN2OS. The Morgan fingerprint density at radius 3 is 2.79 bits per heavy atom. The fourth-order valence-corrected chi connectivity index (χ4v) is 1.73. The van der Waals surface area contributed by atoms with Crippen molar-refractivity contribution in [3.05, 3.63) is 59.2 Å². The van der Waals surface area contributed by atoms with Crippen molar-refractivity contribution in [3.8, 4) is 5.75 Å². The number of ether oxygens (including phenoxy) is 1. The zero-order valence-electron chi connectivity index (χ0n) is 10.4. The minimum absolute atomic E-state index is 0.156. The van der Waals surface area contributed by atoms with Crippen molar-refractivity contribution in [1.29, 1.82) is 0 Å². The van der Waals surface area contributed by atoms with E-state index in [-0.39, 0.29) is 17.3 Å². The minimum Gasteiger partial charge on any atom is -0.484 e. The van der Waals surface area contributed by atoms with Gasteiger partial charge in [-0.3, -0.25) is 4.98 Å². The van der Waals surface area contributed by atoms with Crippen molar-refractivity contribution in [1.82, 2.24) is 4.98 Å². The number of thiocarbonyl (C=S) groups is 1. The molecule has 0 aliphatic carbocycles. The Bertz CT molecular complexity index is 616. The van der Waals surface area contributed by atoms with Gasteiger partial charge in [0.1, 0.15) is 11.6 Å². The summed E-state index contributed by atoms with van der Waals surface area (Å²) in [5.41, 5.74) is 7.55. The third kappa shape index (κ3) is 3.48. The van der Waals surface area contributed by atoms with Gasteiger partial charge in [0, 0.05) is 11.3 Å².